The molecule has 0 aliphatic carbocycles. The lowest BCUT2D eigenvalue weighted by Gasteiger charge is -2.15. The van der Waals surface area contributed by atoms with Crippen LogP contribution in [0.25, 0.3) is 0 Å². The number of nitrogens with one attached hydrogen (secondary N) is 1. The third kappa shape index (κ3) is 5.94. The third-order valence-corrected chi connectivity index (χ3v) is 2.05. The van der Waals surface area contributed by atoms with Crippen LogP contribution >= 0.6 is 0 Å². The summed E-state index contributed by atoms with van der Waals surface area (Å²) in [5, 5.41) is 2.78. The van der Waals surface area contributed by atoms with E-state index in [0.717, 1.165) is 0 Å². The van der Waals surface area contributed by atoms with Crippen molar-refractivity contribution in [3.63, 3.8) is 0 Å². The Hall–Kier alpha value is -0.610. The lowest BCUT2D eigenvalue weighted by molar-refractivity contribution is -0.125. The number of carbonyl (C=O) groups excluding carboxylic acids is 1. The Balaban J connectivity index is 3.54. The molecule has 1 amide bonds. The van der Waals surface area contributed by atoms with E-state index < -0.39 is 0 Å². The van der Waals surface area contributed by atoms with Gasteiger partial charge in [-0.05, 0) is 20.8 Å². The van der Waals surface area contributed by atoms with E-state index in [4.69, 9.17) is 10.5 Å². The number of carbonyl (C=O) groups is 1. The van der Waals surface area contributed by atoms with Gasteiger partial charge >= 0.3 is 0 Å². The van der Waals surface area contributed by atoms with Crippen molar-refractivity contribution in [2.45, 2.75) is 39.8 Å². The van der Waals surface area contributed by atoms with Crippen molar-refractivity contribution in [2.24, 2.45) is 11.7 Å². The van der Waals surface area contributed by atoms with Crippen molar-refractivity contribution in [3.05, 3.63) is 0 Å². The lowest BCUT2D eigenvalue weighted by atomic mass is 10.0. The predicted octanol–water partition coefficient (Wildman–Crippen LogP) is 0.511. The van der Waals surface area contributed by atoms with E-state index >= 15 is 0 Å². The first kappa shape index (κ1) is 13.4. The van der Waals surface area contributed by atoms with Crippen LogP contribution in [-0.4, -0.2) is 31.2 Å². The zero-order valence-corrected chi connectivity index (χ0v) is 9.54. The summed E-state index contributed by atoms with van der Waals surface area (Å²) >= 11 is 0. The van der Waals surface area contributed by atoms with Gasteiger partial charge in [-0.2, -0.15) is 0 Å². The molecule has 4 heteroatoms. The van der Waals surface area contributed by atoms with E-state index in [9.17, 15) is 4.79 Å². The molecular weight excluding hydrogens is 180 g/mol. The van der Waals surface area contributed by atoms with Gasteiger partial charge in [0.25, 0.3) is 0 Å². The van der Waals surface area contributed by atoms with E-state index in [-0.39, 0.29) is 24.0 Å². The van der Waals surface area contributed by atoms with Gasteiger partial charge in [-0.3, -0.25) is 4.79 Å². The molecule has 2 unspecified atom stereocenters. The van der Waals surface area contributed by atoms with Gasteiger partial charge < -0.3 is 15.8 Å². The van der Waals surface area contributed by atoms with E-state index in [0.29, 0.717) is 13.2 Å². The summed E-state index contributed by atoms with van der Waals surface area (Å²) in [6.07, 6.45) is 0.206. The van der Waals surface area contributed by atoms with Gasteiger partial charge in [0.1, 0.15) is 0 Å². The van der Waals surface area contributed by atoms with Gasteiger partial charge in [0.15, 0.2) is 0 Å². The molecule has 0 aromatic rings. The molecule has 4 nitrogen and oxygen atoms in total. The van der Waals surface area contributed by atoms with E-state index in [1.807, 2.05) is 27.7 Å². The monoisotopic (exact) mass is 202 g/mol. The molecule has 0 saturated heterocycles. The zero-order chi connectivity index (χ0) is 11.1. The molecule has 0 aromatic heterocycles. The van der Waals surface area contributed by atoms with Crippen LogP contribution in [0, 0.1) is 5.92 Å². The van der Waals surface area contributed by atoms with Crippen LogP contribution in [0.5, 0.6) is 0 Å². The first-order chi connectivity index (χ1) is 6.45. The van der Waals surface area contributed by atoms with Crippen molar-refractivity contribution in [1.29, 1.82) is 0 Å². The third-order valence-electron chi connectivity index (χ3n) is 2.05. The second kappa shape index (κ2) is 6.79. The smallest absolute Gasteiger partial charge is 0.224 e. The molecule has 0 saturated carbocycles. The van der Waals surface area contributed by atoms with Crippen LogP contribution in [0.1, 0.15) is 27.7 Å². The molecule has 0 rings (SSSR count). The number of hydrogen-bond acceptors (Lipinski definition) is 3. The molecule has 84 valence electrons. The molecule has 0 aromatic carbocycles. The molecule has 0 fully saturated rings. The van der Waals surface area contributed by atoms with Gasteiger partial charge in [0, 0.05) is 18.5 Å². The zero-order valence-electron chi connectivity index (χ0n) is 9.54. The molecule has 0 aliphatic heterocycles. The van der Waals surface area contributed by atoms with E-state index in [1.54, 1.807) is 0 Å². The summed E-state index contributed by atoms with van der Waals surface area (Å²) in [6, 6.07) is -0.110. The summed E-state index contributed by atoms with van der Waals surface area (Å²) in [7, 11) is 0. The fraction of sp³-hybridized carbons (Fsp3) is 0.900. The minimum atomic E-state index is -0.144. The summed E-state index contributed by atoms with van der Waals surface area (Å²) in [6.45, 7) is 8.68. The topological polar surface area (TPSA) is 64.3 Å². The van der Waals surface area contributed by atoms with Crippen LogP contribution in [0.3, 0.4) is 0 Å². The number of amides is 1. The molecule has 3 N–H and O–H groups in total. The SMILES string of the molecule is CC(C)OCCNC(=O)C(C)C(C)N. The highest BCUT2D eigenvalue weighted by Gasteiger charge is 2.15. The maximum absolute atomic E-state index is 11.4. The van der Waals surface area contributed by atoms with Gasteiger partial charge in [-0.25, -0.2) is 0 Å². The molecular formula is C10H22N2O2. The highest BCUT2D eigenvalue weighted by molar-refractivity contribution is 5.78. The van der Waals surface area contributed by atoms with Gasteiger partial charge in [-0.15, -0.1) is 0 Å². The van der Waals surface area contributed by atoms with Crippen LogP contribution in [-0.2, 0) is 9.53 Å². The highest BCUT2D eigenvalue weighted by Crippen LogP contribution is 1.98. The van der Waals surface area contributed by atoms with Crippen molar-refractivity contribution >= 4 is 5.91 Å². The largest absolute Gasteiger partial charge is 0.377 e. The number of nitrogens with two attached hydrogens (primary N) is 1. The van der Waals surface area contributed by atoms with Crippen LogP contribution in [0.15, 0.2) is 0 Å². The van der Waals surface area contributed by atoms with Gasteiger partial charge in [-0.1, -0.05) is 6.92 Å². The minimum absolute atomic E-state index is 0.00708. The van der Waals surface area contributed by atoms with Crippen LogP contribution in [0.2, 0.25) is 0 Å². The van der Waals surface area contributed by atoms with Gasteiger partial charge in [0.05, 0.1) is 12.7 Å². The molecule has 0 radical (unpaired) electrons. The fourth-order valence-electron chi connectivity index (χ4n) is 0.869. The van der Waals surface area contributed by atoms with E-state index in [1.165, 1.54) is 0 Å². The molecule has 0 bridgehead atoms. The second-order valence-corrected chi connectivity index (χ2v) is 3.86. The molecule has 2 atom stereocenters. The van der Waals surface area contributed by atoms with Crippen molar-refractivity contribution in [2.75, 3.05) is 13.2 Å². The van der Waals surface area contributed by atoms with Crippen molar-refractivity contribution < 1.29 is 9.53 Å². The Morgan fingerprint density at radius 2 is 1.93 bits per heavy atom. The fourth-order valence-corrected chi connectivity index (χ4v) is 0.869. The highest BCUT2D eigenvalue weighted by atomic mass is 16.5. The predicted molar refractivity (Wildman–Crippen MR) is 56.9 cm³/mol. The molecule has 0 heterocycles. The van der Waals surface area contributed by atoms with Gasteiger partial charge in [0.2, 0.25) is 5.91 Å². The number of ether oxygens (including phenoxy) is 1. The Bertz CT molecular complexity index is 170. The first-order valence-corrected chi connectivity index (χ1v) is 5.10. The average Bonchev–Trinajstić information content (AvgIpc) is 2.10. The van der Waals surface area contributed by atoms with Crippen molar-refractivity contribution in [3.8, 4) is 0 Å². The summed E-state index contributed by atoms with van der Waals surface area (Å²) in [4.78, 5) is 11.4. The molecule has 0 aliphatic rings. The molecule has 0 spiro atoms. The Labute approximate surface area is 86.2 Å². The van der Waals surface area contributed by atoms with E-state index in [2.05, 4.69) is 5.32 Å². The standard InChI is InChI=1S/C10H22N2O2/c1-7(2)14-6-5-12-10(13)8(3)9(4)11/h7-9H,5-6,11H2,1-4H3,(H,12,13). The Kier molecular flexibility index (Phi) is 6.49. The van der Waals surface area contributed by atoms with Crippen molar-refractivity contribution in [1.82, 2.24) is 5.32 Å². The summed E-state index contributed by atoms with van der Waals surface area (Å²) in [5.74, 6) is -0.151. The Morgan fingerprint density at radius 3 is 2.36 bits per heavy atom. The minimum Gasteiger partial charge on any atom is -0.377 e. The maximum atomic E-state index is 11.4. The number of rotatable bonds is 6. The Morgan fingerprint density at radius 1 is 1.36 bits per heavy atom. The van der Waals surface area contributed by atoms with Crippen LogP contribution in [0.4, 0.5) is 0 Å². The summed E-state index contributed by atoms with van der Waals surface area (Å²) < 4.78 is 5.29. The maximum Gasteiger partial charge on any atom is 0.224 e. The lowest BCUT2D eigenvalue weighted by Crippen LogP contribution is -2.39. The normalized spacial score (nSPS) is 15.3. The number of hydrogen-bond donors (Lipinski definition) is 2. The average molecular weight is 202 g/mol. The van der Waals surface area contributed by atoms with Crippen LogP contribution < -0.4 is 11.1 Å². The summed E-state index contributed by atoms with van der Waals surface area (Å²) in [5.41, 5.74) is 5.60. The second-order valence-electron chi connectivity index (χ2n) is 3.86. The first-order valence-electron chi connectivity index (χ1n) is 5.10. The quantitative estimate of drug-likeness (QED) is 0.617. The molecule has 14 heavy (non-hydrogen) atoms.